The van der Waals surface area contributed by atoms with Crippen LogP contribution in [0.1, 0.15) is 15.9 Å². The summed E-state index contributed by atoms with van der Waals surface area (Å²) in [6.07, 6.45) is 0. The number of fused-ring (bicyclic) bond motifs is 2. The van der Waals surface area contributed by atoms with E-state index in [0.717, 1.165) is 21.7 Å². The minimum atomic E-state index is -0.416. The molecule has 0 spiro atoms. The molecular weight excluding hydrogens is 444 g/mol. The third kappa shape index (κ3) is 4.19. The maximum Gasteiger partial charge on any atom is 0.344 e. The molecule has 166 valence electrons. The second-order valence-electron chi connectivity index (χ2n) is 7.95. The molecule has 1 heterocycles. The van der Waals surface area contributed by atoms with Crippen LogP contribution in [0.15, 0.2) is 100 Å². The van der Waals surface area contributed by atoms with Gasteiger partial charge in [-0.25, -0.2) is 4.79 Å². The Morgan fingerprint density at radius 2 is 1.59 bits per heavy atom. The molecule has 0 aliphatic carbocycles. The third-order valence-corrected chi connectivity index (χ3v) is 5.90. The Hall–Kier alpha value is -4.29. The van der Waals surface area contributed by atoms with Gasteiger partial charge in [-0.3, -0.25) is 10.1 Å². The van der Waals surface area contributed by atoms with Gasteiger partial charge < -0.3 is 9.73 Å². The topological polar surface area (TPSA) is 71.3 Å². The molecule has 6 heteroatoms. The number of hydrogen-bond donors (Lipinski definition) is 2. The zero-order valence-corrected chi connectivity index (χ0v) is 19.1. The van der Waals surface area contributed by atoms with Crippen molar-refractivity contribution in [3.05, 3.63) is 113 Å². The summed E-state index contributed by atoms with van der Waals surface area (Å²) >= 11 is 5.42. The number of anilines is 1. The Morgan fingerprint density at radius 3 is 2.44 bits per heavy atom. The van der Waals surface area contributed by atoms with E-state index in [9.17, 15) is 9.59 Å². The first-order chi connectivity index (χ1) is 16.5. The molecule has 0 atom stereocenters. The number of nitrogens with one attached hydrogen (secondary N) is 2. The highest BCUT2D eigenvalue weighted by Gasteiger charge is 2.13. The molecule has 2 N–H and O–H groups in total. The van der Waals surface area contributed by atoms with Gasteiger partial charge in [-0.1, -0.05) is 66.7 Å². The van der Waals surface area contributed by atoms with E-state index in [1.54, 1.807) is 12.1 Å². The average molecular weight is 465 g/mol. The van der Waals surface area contributed by atoms with Gasteiger partial charge in [0, 0.05) is 16.6 Å². The van der Waals surface area contributed by atoms with Crippen molar-refractivity contribution in [2.24, 2.45) is 0 Å². The van der Waals surface area contributed by atoms with Crippen molar-refractivity contribution in [3.63, 3.8) is 0 Å². The first-order valence-corrected chi connectivity index (χ1v) is 11.1. The fourth-order valence-corrected chi connectivity index (χ4v) is 4.14. The van der Waals surface area contributed by atoms with Crippen LogP contribution in [-0.2, 0) is 0 Å². The smallest absolute Gasteiger partial charge is 0.344 e. The van der Waals surface area contributed by atoms with E-state index in [4.69, 9.17) is 16.6 Å². The summed E-state index contributed by atoms with van der Waals surface area (Å²) in [4.78, 5) is 25.5. The molecule has 5 rings (SSSR count). The van der Waals surface area contributed by atoms with E-state index in [2.05, 4.69) is 10.6 Å². The fraction of sp³-hybridized carbons (Fsp3) is 0.0357. The molecule has 0 aliphatic heterocycles. The van der Waals surface area contributed by atoms with E-state index in [1.807, 2.05) is 85.8 Å². The standard InChI is InChI=1S/C28H20N2O3S/c1-17-13-14-19(23-15-20-8-3-5-12-25(20)33-27(23)32)16-24(17)29-28(34)30-26(31)22-11-6-9-18-7-2-4-10-21(18)22/h2-16H,1H3,(H2,29,30,31,34). The average Bonchev–Trinajstić information content (AvgIpc) is 2.84. The lowest BCUT2D eigenvalue weighted by molar-refractivity contribution is 0.0979. The number of carbonyl (C=O) groups excluding carboxylic acids is 1. The van der Waals surface area contributed by atoms with Crippen LogP contribution in [0.3, 0.4) is 0 Å². The van der Waals surface area contributed by atoms with Crippen LogP contribution in [0.5, 0.6) is 0 Å². The number of amides is 1. The summed E-state index contributed by atoms with van der Waals surface area (Å²) in [5.74, 6) is -0.293. The Bertz CT molecular complexity index is 1630. The van der Waals surface area contributed by atoms with Crippen LogP contribution >= 0.6 is 12.2 Å². The van der Waals surface area contributed by atoms with Gasteiger partial charge in [0.2, 0.25) is 0 Å². The quantitative estimate of drug-likeness (QED) is 0.251. The molecule has 1 amide bonds. The summed E-state index contributed by atoms with van der Waals surface area (Å²) < 4.78 is 5.48. The Kier molecular flexibility index (Phi) is 5.65. The van der Waals surface area contributed by atoms with Crippen LogP contribution in [0, 0.1) is 6.92 Å². The normalized spacial score (nSPS) is 10.9. The molecule has 0 bridgehead atoms. The molecule has 4 aromatic carbocycles. The van der Waals surface area contributed by atoms with Crippen LogP contribution < -0.4 is 16.3 Å². The summed E-state index contributed by atoms with van der Waals surface area (Å²) in [5.41, 5.74) is 3.41. The van der Waals surface area contributed by atoms with Crippen LogP contribution in [-0.4, -0.2) is 11.0 Å². The van der Waals surface area contributed by atoms with E-state index in [1.165, 1.54) is 0 Å². The molecule has 5 aromatic rings. The van der Waals surface area contributed by atoms with Crippen molar-refractivity contribution in [2.45, 2.75) is 6.92 Å². The highest BCUT2D eigenvalue weighted by molar-refractivity contribution is 7.80. The maximum atomic E-state index is 12.9. The molecule has 5 nitrogen and oxygen atoms in total. The monoisotopic (exact) mass is 464 g/mol. The predicted octanol–water partition coefficient (Wildman–Crippen LogP) is 6.05. The van der Waals surface area contributed by atoms with Gasteiger partial charge in [-0.15, -0.1) is 0 Å². The molecule has 0 saturated heterocycles. The van der Waals surface area contributed by atoms with Crippen molar-refractivity contribution < 1.29 is 9.21 Å². The number of thiocarbonyl (C=S) groups is 1. The lowest BCUT2D eigenvalue weighted by Gasteiger charge is -2.14. The van der Waals surface area contributed by atoms with Gasteiger partial charge in [0.15, 0.2) is 5.11 Å². The van der Waals surface area contributed by atoms with Gasteiger partial charge in [0.1, 0.15) is 5.58 Å². The number of hydrogen-bond acceptors (Lipinski definition) is 4. The number of benzene rings is 4. The van der Waals surface area contributed by atoms with Crippen molar-refractivity contribution in [2.75, 3.05) is 5.32 Å². The van der Waals surface area contributed by atoms with Gasteiger partial charge in [0.05, 0.1) is 5.56 Å². The number of aryl methyl sites for hydroxylation is 1. The lowest BCUT2D eigenvalue weighted by Crippen LogP contribution is -2.34. The first kappa shape index (κ1) is 21.6. The van der Waals surface area contributed by atoms with Gasteiger partial charge in [-0.2, -0.15) is 0 Å². The maximum absolute atomic E-state index is 12.9. The van der Waals surface area contributed by atoms with Gasteiger partial charge >= 0.3 is 5.63 Å². The van der Waals surface area contributed by atoms with E-state index in [0.29, 0.717) is 28.0 Å². The summed E-state index contributed by atoms with van der Waals surface area (Å²) in [6.45, 7) is 1.92. The van der Waals surface area contributed by atoms with Crippen LogP contribution in [0.25, 0.3) is 32.9 Å². The highest BCUT2D eigenvalue weighted by Crippen LogP contribution is 2.26. The Balaban J connectivity index is 1.40. The number of rotatable bonds is 3. The SMILES string of the molecule is Cc1ccc(-c2cc3ccccc3oc2=O)cc1NC(=S)NC(=O)c1cccc2ccccc12. The predicted molar refractivity (Wildman–Crippen MR) is 140 cm³/mol. The van der Waals surface area contributed by atoms with E-state index >= 15 is 0 Å². The molecule has 34 heavy (non-hydrogen) atoms. The van der Waals surface area contributed by atoms with Crippen molar-refractivity contribution >= 4 is 50.7 Å². The summed E-state index contributed by atoms with van der Waals surface area (Å²) in [6, 6.07) is 28.0. The molecule has 0 aliphatic rings. The summed E-state index contributed by atoms with van der Waals surface area (Å²) in [7, 11) is 0. The zero-order chi connectivity index (χ0) is 23.7. The third-order valence-electron chi connectivity index (χ3n) is 5.70. The van der Waals surface area contributed by atoms with Gasteiger partial charge in [0.25, 0.3) is 5.91 Å². The first-order valence-electron chi connectivity index (χ1n) is 10.7. The number of carbonyl (C=O) groups is 1. The van der Waals surface area contributed by atoms with Crippen molar-refractivity contribution in [1.29, 1.82) is 0 Å². The fourth-order valence-electron chi connectivity index (χ4n) is 3.93. The lowest BCUT2D eigenvalue weighted by atomic mass is 10.0. The largest absolute Gasteiger partial charge is 0.422 e. The summed E-state index contributed by atoms with van der Waals surface area (Å²) in [5, 5.41) is 8.69. The van der Waals surface area contributed by atoms with E-state index in [-0.39, 0.29) is 11.0 Å². The molecular formula is C28H20N2O3S. The zero-order valence-electron chi connectivity index (χ0n) is 18.3. The van der Waals surface area contributed by atoms with Crippen molar-refractivity contribution in [1.82, 2.24) is 5.32 Å². The molecule has 0 radical (unpaired) electrons. The molecule has 0 fully saturated rings. The molecule has 1 aromatic heterocycles. The van der Waals surface area contributed by atoms with Crippen LogP contribution in [0.4, 0.5) is 5.69 Å². The van der Waals surface area contributed by atoms with Gasteiger partial charge in [-0.05, 0) is 65.3 Å². The second kappa shape index (κ2) is 8.92. The minimum Gasteiger partial charge on any atom is -0.422 e. The molecule has 0 unspecified atom stereocenters. The highest BCUT2D eigenvalue weighted by atomic mass is 32.1. The number of para-hydroxylation sites is 1. The minimum absolute atomic E-state index is 0.170. The Labute approximate surface area is 201 Å². The Morgan fingerprint density at radius 1 is 0.853 bits per heavy atom. The van der Waals surface area contributed by atoms with E-state index < -0.39 is 5.63 Å². The molecule has 0 saturated carbocycles. The van der Waals surface area contributed by atoms with Crippen molar-refractivity contribution in [3.8, 4) is 11.1 Å². The van der Waals surface area contributed by atoms with Crippen LogP contribution in [0.2, 0.25) is 0 Å². The second-order valence-corrected chi connectivity index (χ2v) is 8.36.